The van der Waals surface area contributed by atoms with Crippen LogP contribution in [-0.4, -0.2) is 50.8 Å². The molecular formula is C20H20N2O6S. The Morgan fingerprint density at radius 3 is 2.17 bits per heavy atom. The van der Waals surface area contributed by atoms with E-state index in [0.717, 1.165) is 10.5 Å². The number of ether oxygens (including phenoxy) is 1. The molecule has 2 aromatic carbocycles. The Morgan fingerprint density at radius 2 is 1.59 bits per heavy atom. The van der Waals surface area contributed by atoms with E-state index in [1.165, 1.54) is 12.1 Å². The van der Waals surface area contributed by atoms with Gasteiger partial charge in [-0.15, -0.1) is 0 Å². The van der Waals surface area contributed by atoms with Crippen LogP contribution in [0.5, 0.6) is 0 Å². The van der Waals surface area contributed by atoms with E-state index in [9.17, 15) is 22.8 Å². The van der Waals surface area contributed by atoms with Gasteiger partial charge in [0, 0.05) is 6.54 Å². The second kappa shape index (κ2) is 8.54. The Kier molecular flexibility index (Phi) is 6.09. The number of benzene rings is 2. The molecule has 29 heavy (non-hydrogen) atoms. The van der Waals surface area contributed by atoms with Crippen molar-refractivity contribution in [1.29, 1.82) is 0 Å². The third-order valence-electron chi connectivity index (χ3n) is 4.41. The van der Waals surface area contributed by atoms with Gasteiger partial charge in [-0.1, -0.05) is 29.8 Å². The lowest BCUT2D eigenvalue weighted by Crippen LogP contribution is -2.33. The van der Waals surface area contributed by atoms with Gasteiger partial charge in [0.25, 0.3) is 11.8 Å². The highest BCUT2D eigenvalue weighted by atomic mass is 32.2. The molecule has 9 heteroatoms. The molecule has 3 rings (SSSR count). The van der Waals surface area contributed by atoms with E-state index in [-0.39, 0.29) is 31.0 Å². The number of carbonyl (C=O) groups excluding carboxylic acids is 3. The summed E-state index contributed by atoms with van der Waals surface area (Å²) in [6.07, 6.45) is -0.173. The minimum absolute atomic E-state index is 0.0623. The molecular weight excluding hydrogens is 396 g/mol. The van der Waals surface area contributed by atoms with E-state index in [2.05, 4.69) is 4.72 Å². The number of aryl methyl sites for hydroxylation is 1. The van der Waals surface area contributed by atoms with Crippen molar-refractivity contribution in [2.45, 2.75) is 18.2 Å². The molecule has 152 valence electrons. The number of sulfonamides is 1. The quantitative estimate of drug-likeness (QED) is 0.516. The largest absolute Gasteiger partial charge is 0.464 e. The molecule has 0 atom stereocenters. The van der Waals surface area contributed by atoms with Gasteiger partial charge in [-0.25, -0.2) is 13.1 Å². The highest BCUT2D eigenvalue weighted by molar-refractivity contribution is 7.89. The first-order valence-electron chi connectivity index (χ1n) is 8.97. The third kappa shape index (κ3) is 4.69. The van der Waals surface area contributed by atoms with Crippen molar-refractivity contribution in [1.82, 2.24) is 9.62 Å². The molecule has 1 aliphatic rings. The number of imide groups is 1. The van der Waals surface area contributed by atoms with Gasteiger partial charge in [0.15, 0.2) is 0 Å². The van der Waals surface area contributed by atoms with Gasteiger partial charge >= 0.3 is 5.97 Å². The van der Waals surface area contributed by atoms with Gasteiger partial charge in [0.1, 0.15) is 6.61 Å². The SMILES string of the molecule is Cc1ccc(S(=O)(=O)NCCC(=O)OCCN2C(=O)c3ccccc3C2=O)cc1. The molecule has 0 saturated carbocycles. The predicted molar refractivity (Wildman–Crippen MR) is 104 cm³/mol. The second-order valence-electron chi connectivity index (χ2n) is 6.49. The minimum atomic E-state index is -3.71. The molecule has 0 radical (unpaired) electrons. The van der Waals surface area contributed by atoms with Crippen molar-refractivity contribution >= 4 is 27.8 Å². The summed E-state index contributed by atoms with van der Waals surface area (Å²) in [4.78, 5) is 37.4. The normalized spacial score (nSPS) is 13.5. The number of hydrogen-bond donors (Lipinski definition) is 1. The highest BCUT2D eigenvalue weighted by Gasteiger charge is 2.34. The van der Waals surface area contributed by atoms with E-state index in [0.29, 0.717) is 11.1 Å². The zero-order valence-electron chi connectivity index (χ0n) is 15.8. The van der Waals surface area contributed by atoms with Crippen LogP contribution in [0.3, 0.4) is 0 Å². The van der Waals surface area contributed by atoms with E-state index in [1.54, 1.807) is 36.4 Å². The summed E-state index contributed by atoms with van der Waals surface area (Å²) in [5.74, 6) is -1.48. The summed E-state index contributed by atoms with van der Waals surface area (Å²) >= 11 is 0. The molecule has 1 N–H and O–H groups in total. The molecule has 0 aromatic heterocycles. The first kappa shape index (κ1) is 20.7. The van der Waals surface area contributed by atoms with Crippen molar-refractivity contribution < 1.29 is 27.5 Å². The van der Waals surface area contributed by atoms with Gasteiger partial charge in [-0.3, -0.25) is 19.3 Å². The fourth-order valence-electron chi connectivity index (χ4n) is 2.85. The zero-order chi connectivity index (χ0) is 21.0. The van der Waals surface area contributed by atoms with Gasteiger partial charge < -0.3 is 4.74 Å². The van der Waals surface area contributed by atoms with Crippen LogP contribution in [0.4, 0.5) is 0 Å². The van der Waals surface area contributed by atoms with Crippen molar-refractivity contribution in [3.63, 3.8) is 0 Å². The average molecular weight is 416 g/mol. The summed E-state index contributed by atoms with van der Waals surface area (Å²) < 4.78 is 31.6. The fraction of sp³-hybridized carbons (Fsp3) is 0.250. The van der Waals surface area contributed by atoms with Crippen LogP contribution in [0.15, 0.2) is 53.4 Å². The van der Waals surface area contributed by atoms with Crippen LogP contribution in [0.25, 0.3) is 0 Å². The van der Waals surface area contributed by atoms with Crippen LogP contribution < -0.4 is 4.72 Å². The van der Waals surface area contributed by atoms with E-state index >= 15 is 0 Å². The van der Waals surface area contributed by atoms with Crippen molar-refractivity contribution in [3.05, 3.63) is 65.2 Å². The number of nitrogens with one attached hydrogen (secondary N) is 1. The molecule has 2 aromatic rings. The van der Waals surface area contributed by atoms with Crippen LogP contribution in [0, 0.1) is 6.92 Å². The maximum atomic E-state index is 12.2. The van der Waals surface area contributed by atoms with E-state index in [1.807, 2.05) is 6.92 Å². The standard InChI is InChI=1S/C20H20N2O6S/c1-14-6-8-15(9-7-14)29(26,27)21-11-10-18(23)28-13-12-22-19(24)16-4-2-3-5-17(16)20(22)25/h2-9,21H,10-13H2,1H3. The lowest BCUT2D eigenvalue weighted by molar-refractivity contribution is -0.143. The topological polar surface area (TPSA) is 110 Å². The van der Waals surface area contributed by atoms with Crippen molar-refractivity contribution in [2.24, 2.45) is 0 Å². The average Bonchev–Trinajstić information content (AvgIpc) is 2.93. The Balaban J connectivity index is 1.42. The van der Waals surface area contributed by atoms with Crippen molar-refractivity contribution in [3.8, 4) is 0 Å². The first-order chi connectivity index (χ1) is 13.8. The number of nitrogens with zero attached hydrogens (tertiary/aromatic N) is 1. The molecule has 0 fully saturated rings. The maximum absolute atomic E-state index is 12.2. The Bertz CT molecular complexity index is 1010. The smallest absolute Gasteiger partial charge is 0.307 e. The monoisotopic (exact) mass is 416 g/mol. The van der Waals surface area contributed by atoms with Crippen molar-refractivity contribution in [2.75, 3.05) is 19.7 Å². The van der Waals surface area contributed by atoms with Gasteiger partial charge in [0.05, 0.1) is 29.0 Å². The Labute approximate surface area is 168 Å². The summed E-state index contributed by atoms with van der Waals surface area (Å²) in [7, 11) is -3.71. The van der Waals surface area contributed by atoms with Crippen LogP contribution >= 0.6 is 0 Å². The van der Waals surface area contributed by atoms with Crippen LogP contribution in [0.1, 0.15) is 32.7 Å². The van der Waals surface area contributed by atoms with Gasteiger partial charge in [-0.2, -0.15) is 0 Å². The zero-order valence-corrected chi connectivity index (χ0v) is 16.6. The molecule has 0 unspecified atom stereocenters. The summed E-state index contributed by atoms with van der Waals surface area (Å²) in [5.41, 5.74) is 1.59. The number of carbonyl (C=O) groups is 3. The number of amides is 2. The highest BCUT2D eigenvalue weighted by Crippen LogP contribution is 2.21. The lowest BCUT2D eigenvalue weighted by Gasteiger charge is -2.13. The summed E-state index contributed by atoms with van der Waals surface area (Å²) in [6, 6.07) is 12.8. The maximum Gasteiger partial charge on any atom is 0.307 e. The lowest BCUT2D eigenvalue weighted by atomic mass is 10.1. The van der Waals surface area contributed by atoms with Gasteiger partial charge in [0.2, 0.25) is 10.0 Å². The first-order valence-corrected chi connectivity index (χ1v) is 10.4. The minimum Gasteiger partial charge on any atom is -0.464 e. The second-order valence-corrected chi connectivity index (χ2v) is 8.26. The molecule has 0 bridgehead atoms. The fourth-order valence-corrected chi connectivity index (χ4v) is 3.89. The summed E-state index contributed by atoms with van der Waals surface area (Å²) in [6.45, 7) is 1.51. The summed E-state index contributed by atoms with van der Waals surface area (Å²) in [5, 5.41) is 0. The molecule has 0 spiro atoms. The van der Waals surface area contributed by atoms with E-state index < -0.39 is 27.8 Å². The predicted octanol–water partition coefficient (Wildman–Crippen LogP) is 1.50. The Morgan fingerprint density at radius 1 is 1.00 bits per heavy atom. The van der Waals surface area contributed by atoms with Gasteiger partial charge in [-0.05, 0) is 31.2 Å². The number of esters is 1. The number of hydrogen-bond acceptors (Lipinski definition) is 6. The van der Waals surface area contributed by atoms with Crippen LogP contribution in [-0.2, 0) is 19.6 Å². The molecule has 1 heterocycles. The van der Waals surface area contributed by atoms with Crippen LogP contribution in [0.2, 0.25) is 0 Å². The molecule has 0 aliphatic carbocycles. The molecule has 8 nitrogen and oxygen atoms in total. The number of rotatable bonds is 8. The molecule has 0 saturated heterocycles. The Hall–Kier alpha value is -3.04. The number of fused-ring (bicyclic) bond motifs is 1. The molecule has 2 amide bonds. The van der Waals surface area contributed by atoms with E-state index in [4.69, 9.17) is 4.74 Å². The molecule has 1 aliphatic heterocycles. The third-order valence-corrected chi connectivity index (χ3v) is 5.89.